The van der Waals surface area contributed by atoms with Gasteiger partial charge in [-0.15, -0.1) is 0 Å². The van der Waals surface area contributed by atoms with Crippen LogP contribution in [0.4, 0.5) is 18.9 Å². The van der Waals surface area contributed by atoms with E-state index in [1.807, 2.05) is 0 Å². The molecule has 16 heavy (non-hydrogen) atoms. The van der Waals surface area contributed by atoms with E-state index in [1.54, 1.807) is 0 Å². The van der Waals surface area contributed by atoms with Crippen molar-refractivity contribution in [2.75, 3.05) is 0 Å². The number of rotatable bonds is 3. The molecule has 86 valence electrons. The van der Waals surface area contributed by atoms with E-state index in [9.17, 15) is 28.1 Å². The van der Waals surface area contributed by atoms with Gasteiger partial charge in [-0.25, -0.2) is 18.6 Å². The molecule has 0 bridgehead atoms. The van der Waals surface area contributed by atoms with Crippen molar-refractivity contribution in [2.45, 2.75) is 6.43 Å². The number of carbonyl (C=O) groups is 1. The number of hydrogen-bond donors (Lipinski definition) is 1. The number of carboxylic acids is 1. The van der Waals surface area contributed by atoms with E-state index in [1.165, 1.54) is 0 Å². The van der Waals surface area contributed by atoms with Gasteiger partial charge in [-0.05, 0) is 0 Å². The summed E-state index contributed by atoms with van der Waals surface area (Å²) in [4.78, 5) is 22.1. The van der Waals surface area contributed by atoms with Crippen LogP contribution in [-0.4, -0.2) is 21.0 Å². The Bertz CT molecular complexity index is 463. The van der Waals surface area contributed by atoms with E-state index in [4.69, 9.17) is 5.11 Å². The second-order valence-corrected chi connectivity index (χ2v) is 2.59. The Morgan fingerprint density at radius 3 is 2.50 bits per heavy atom. The normalized spacial score (nSPS) is 10.5. The van der Waals surface area contributed by atoms with Gasteiger partial charge in [0.05, 0.1) is 4.92 Å². The van der Waals surface area contributed by atoms with Gasteiger partial charge in [0, 0.05) is 6.07 Å². The van der Waals surface area contributed by atoms with E-state index in [2.05, 4.69) is 4.98 Å². The Morgan fingerprint density at radius 1 is 1.56 bits per heavy atom. The molecule has 0 radical (unpaired) electrons. The summed E-state index contributed by atoms with van der Waals surface area (Å²) in [6.45, 7) is 0. The van der Waals surface area contributed by atoms with Crippen LogP contribution in [0.3, 0.4) is 0 Å². The Kier molecular flexibility index (Phi) is 3.06. The SMILES string of the molecule is O=C(O)c1cc([N+](=O)[O-])c(C(F)F)c(F)n1. The van der Waals surface area contributed by atoms with Crippen molar-refractivity contribution in [3.8, 4) is 0 Å². The minimum Gasteiger partial charge on any atom is -0.477 e. The topological polar surface area (TPSA) is 93.3 Å². The number of carboxylic acid groups (broad SMARTS) is 1. The highest BCUT2D eigenvalue weighted by atomic mass is 19.3. The number of nitrogens with zero attached hydrogens (tertiary/aromatic N) is 2. The molecule has 1 N–H and O–H groups in total. The maximum atomic E-state index is 12.9. The first-order valence-corrected chi connectivity index (χ1v) is 3.71. The lowest BCUT2D eigenvalue weighted by atomic mass is 10.2. The molecular formula is C7H3F3N2O4. The number of aromatic carboxylic acids is 1. The van der Waals surface area contributed by atoms with Crippen molar-refractivity contribution in [1.29, 1.82) is 0 Å². The van der Waals surface area contributed by atoms with Crippen LogP contribution in [0.15, 0.2) is 6.07 Å². The fourth-order valence-corrected chi connectivity index (χ4v) is 0.974. The molecule has 0 saturated carbocycles. The summed E-state index contributed by atoms with van der Waals surface area (Å²) in [6.07, 6.45) is -3.45. The van der Waals surface area contributed by atoms with Crippen LogP contribution in [0.1, 0.15) is 22.5 Å². The molecule has 0 fully saturated rings. The van der Waals surface area contributed by atoms with Crippen LogP contribution in [0.2, 0.25) is 0 Å². The zero-order chi connectivity index (χ0) is 12.5. The molecular weight excluding hydrogens is 233 g/mol. The highest BCUT2D eigenvalue weighted by Gasteiger charge is 2.29. The number of halogens is 3. The maximum Gasteiger partial charge on any atom is 0.354 e. The molecule has 9 heteroatoms. The zero-order valence-electron chi connectivity index (χ0n) is 7.35. The van der Waals surface area contributed by atoms with Crippen LogP contribution >= 0.6 is 0 Å². The van der Waals surface area contributed by atoms with Gasteiger partial charge in [-0.3, -0.25) is 10.1 Å². The molecule has 6 nitrogen and oxygen atoms in total. The lowest BCUT2D eigenvalue weighted by Gasteiger charge is -2.03. The summed E-state index contributed by atoms with van der Waals surface area (Å²) in [5, 5.41) is 18.7. The number of aromatic nitrogens is 1. The highest BCUT2D eigenvalue weighted by molar-refractivity contribution is 5.86. The molecule has 0 aliphatic rings. The third-order valence-electron chi connectivity index (χ3n) is 1.62. The molecule has 0 aromatic carbocycles. The van der Waals surface area contributed by atoms with E-state index >= 15 is 0 Å². The number of hydrogen-bond acceptors (Lipinski definition) is 4. The van der Waals surface area contributed by atoms with Crippen molar-refractivity contribution in [3.63, 3.8) is 0 Å². The van der Waals surface area contributed by atoms with Gasteiger partial charge in [-0.1, -0.05) is 0 Å². The number of pyridine rings is 1. The van der Waals surface area contributed by atoms with Crippen LogP contribution in [0.25, 0.3) is 0 Å². The van der Waals surface area contributed by atoms with Crippen molar-refractivity contribution in [2.24, 2.45) is 0 Å². The minimum absolute atomic E-state index is 0.285. The third kappa shape index (κ3) is 2.07. The van der Waals surface area contributed by atoms with Crippen LogP contribution in [0, 0.1) is 16.1 Å². The van der Waals surface area contributed by atoms with E-state index < -0.39 is 40.2 Å². The van der Waals surface area contributed by atoms with Crippen LogP contribution in [0.5, 0.6) is 0 Å². The summed E-state index contributed by atoms with van der Waals surface area (Å²) < 4.78 is 37.4. The molecule has 1 rings (SSSR count). The van der Waals surface area contributed by atoms with Gasteiger partial charge in [0.15, 0.2) is 11.3 Å². The fourth-order valence-electron chi connectivity index (χ4n) is 0.974. The molecule has 1 aromatic heterocycles. The summed E-state index contributed by atoms with van der Waals surface area (Å²) in [5.74, 6) is -3.61. The molecule has 0 spiro atoms. The van der Waals surface area contributed by atoms with Crippen LogP contribution in [-0.2, 0) is 0 Å². The van der Waals surface area contributed by atoms with Gasteiger partial charge in [-0.2, -0.15) is 4.39 Å². The van der Waals surface area contributed by atoms with Crippen molar-refractivity contribution >= 4 is 11.7 Å². The lowest BCUT2D eigenvalue weighted by molar-refractivity contribution is -0.386. The summed E-state index contributed by atoms with van der Waals surface area (Å²) >= 11 is 0. The molecule has 0 aliphatic carbocycles. The summed E-state index contributed by atoms with van der Waals surface area (Å²) in [6, 6.07) is 0.285. The van der Waals surface area contributed by atoms with Crippen molar-refractivity contribution in [1.82, 2.24) is 4.98 Å². The molecule has 0 aliphatic heterocycles. The molecule has 0 saturated heterocycles. The standard InChI is InChI=1S/C7H3F3N2O4/c8-5(9)4-3(12(15)16)1-2(7(13)14)11-6(4)10/h1,5H,(H,13,14). The minimum atomic E-state index is -3.45. The smallest absolute Gasteiger partial charge is 0.354 e. The quantitative estimate of drug-likeness (QED) is 0.490. The van der Waals surface area contributed by atoms with Crippen molar-refractivity contribution < 1.29 is 28.0 Å². The molecule has 1 heterocycles. The summed E-state index contributed by atoms with van der Waals surface area (Å²) in [5.41, 5.74) is -3.83. The Labute approximate surface area is 85.5 Å². The van der Waals surface area contributed by atoms with Gasteiger partial charge < -0.3 is 5.11 Å². The first-order chi connectivity index (χ1) is 7.34. The lowest BCUT2D eigenvalue weighted by Crippen LogP contribution is -2.08. The summed E-state index contributed by atoms with van der Waals surface area (Å²) in [7, 11) is 0. The average Bonchev–Trinajstić information content (AvgIpc) is 2.15. The van der Waals surface area contributed by atoms with E-state index in [0.717, 1.165) is 0 Å². The Hall–Kier alpha value is -2.19. The zero-order valence-corrected chi connectivity index (χ0v) is 7.35. The first-order valence-electron chi connectivity index (χ1n) is 3.71. The van der Waals surface area contributed by atoms with Gasteiger partial charge >= 0.3 is 5.97 Å². The maximum absolute atomic E-state index is 12.9. The van der Waals surface area contributed by atoms with E-state index in [-0.39, 0.29) is 6.07 Å². The van der Waals surface area contributed by atoms with Crippen LogP contribution < -0.4 is 0 Å². The Morgan fingerprint density at radius 2 is 2.12 bits per heavy atom. The van der Waals surface area contributed by atoms with E-state index in [0.29, 0.717) is 0 Å². The predicted octanol–water partition coefficient (Wildman–Crippen LogP) is 1.76. The largest absolute Gasteiger partial charge is 0.477 e. The van der Waals surface area contributed by atoms with Crippen molar-refractivity contribution in [3.05, 3.63) is 33.4 Å². The molecule has 0 unspecified atom stereocenters. The number of alkyl halides is 2. The van der Waals surface area contributed by atoms with Gasteiger partial charge in [0.25, 0.3) is 12.1 Å². The number of nitro groups is 1. The Balaban J connectivity index is 3.52. The van der Waals surface area contributed by atoms with Gasteiger partial charge in [0.2, 0.25) is 5.95 Å². The second-order valence-electron chi connectivity index (χ2n) is 2.59. The third-order valence-corrected chi connectivity index (χ3v) is 1.62. The second kappa shape index (κ2) is 4.13. The monoisotopic (exact) mass is 236 g/mol. The molecule has 0 amide bonds. The predicted molar refractivity (Wildman–Crippen MR) is 42.8 cm³/mol. The first kappa shape index (κ1) is 11.9. The molecule has 1 aromatic rings. The molecule has 0 atom stereocenters. The average molecular weight is 236 g/mol. The highest BCUT2D eigenvalue weighted by Crippen LogP contribution is 2.30. The van der Waals surface area contributed by atoms with Gasteiger partial charge in [0.1, 0.15) is 0 Å². The fraction of sp³-hybridized carbons (Fsp3) is 0.143.